The van der Waals surface area contributed by atoms with Gasteiger partial charge in [-0.1, -0.05) is 0 Å². The summed E-state index contributed by atoms with van der Waals surface area (Å²) in [5.74, 6) is 0.917. The Bertz CT molecular complexity index is 351. The van der Waals surface area contributed by atoms with Crippen molar-refractivity contribution in [3.63, 3.8) is 0 Å². The lowest BCUT2D eigenvalue weighted by atomic mass is 10.1. The lowest BCUT2D eigenvalue weighted by molar-refractivity contribution is -0.141. The molecule has 0 aromatic rings. The highest BCUT2D eigenvalue weighted by molar-refractivity contribution is 5.82. The molecule has 4 unspecified atom stereocenters. The summed E-state index contributed by atoms with van der Waals surface area (Å²) in [6.07, 6.45) is 5.81. The van der Waals surface area contributed by atoms with Gasteiger partial charge in [-0.25, -0.2) is 0 Å². The molecular formula is C13H19NO3. The average Bonchev–Trinajstić information content (AvgIpc) is 3.15. The smallest absolute Gasteiger partial charge is 0.306 e. The zero-order chi connectivity index (χ0) is 12.0. The van der Waals surface area contributed by atoms with E-state index in [9.17, 15) is 9.59 Å². The van der Waals surface area contributed by atoms with Crippen LogP contribution in [0.15, 0.2) is 0 Å². The number of nitrogens with one attached hydrogen (secondary N) is 1. The Labute approximate surface area is 101 Å². The Morgan fingerprint density at radius 2 is 1.82 bits per heavy atom. The topological polar surface area (TPSA) is 66.4 Å². The van der Waals surface area contributed by atoms with Gasteiger partial charge in [-0.15, -0.1) is 0 Å². The number of amides is 1. The lowest BCUT2D eigenvalue weighted by Crippen LogP contribution is -2.34. The van der Waals surface area contributed by atoms with E-state index in [0.29, 0.717) is 18.8 Å². The molecule has 0 bridgehead atoms. The number of carboxylic acid groups (broad SMARTS) is 1. The van der Waals surface area contributed by atoms with Crippen LogP contribution in [0.4, 0.5) is 0 Å². The van der Waals surface area contributed by atoms with E-state index in [2.05, 4.69) is 5.32 Å². The molecule has 1 amide bonds. The second-order valence-electron chi connectivity index (χ2n) is 5.90. The van der Waals surface area contributed by atoms with Crippen LogP contribution in [0.3, 0.4) is 0 Å². The maximum atomic E-state index is 11.9. The molecule has 0 heterocycles. The van der Waals surface area contributed by atoms with Crippen molar-refractivity contribution in [2.45, 2.75) is 44.6 Å². The summed E-state index contributed by atoms with van der Waals surface area (Å²) in [7, 11) is 0. The molecule has 3 fully saturated rings. The number of rotatable bonds is 4. The Morgan fingerprint density at radius 3 is 2.41 bits per heavy atom. The molecule has 3 saturated carbocycles. The van der Waals surface area contributed by atoms with Gasteiger partial charge < -0.3 is 10.4 Å². The standard InChI is InChI=1S/C13H19NO3/c15-12(11-6-10(11)7-1-2-7)14-9-4-3-8(5-9)13(16)17/h7-11H,1-6H2,(H,14,15)(H,16,17). The Hall–Kier alpha value is -1.06. The van der Waals surface area contributed by atoms with Crippen LogP contribution in [0.5, 0.6) is 0 Å². The average molecular weight is 237 g/mol. The minimum Gasteiger partial charge on any atom is -0.481 e. The zero-order valence-corrected chi connectivity index (χ0v) is 9.89. The summed E-state index contributed by atoms with van der Waals surface area (Å²) in [5, 5.41) is 11.9. The van der Waals surface area contributed by atoms with Crippen molar-refractivity contribution in [2.24, 2.45) is 23.7 Å². The molecule has 0 saturated heterocycles. The number of hydrogen-bond acceptors (Lipinski definition) is 2. The number of hydrogen-bond donors (Lipinski definition) is 2. The van der Waals surface area contributed by atoms with Gasteiger partial charge in [-0.2, -0.15) is 0 Å². The normalized spacial score (nSPS) is 40.0. The van der Waals surface area contributed by atoms with Crippen LogP contribution in [0.2, 0.25) is 0 Å². The fourth-order valence-electron chi connectivity index (χ4n) is 3.21. The fraction of sp³-hybridized carbons (Fsp3) is 0.846. The number of aliphatic carboxylic acids is 1. The highest BCUT2D eigenvalue weighted by Crippen LogP contribution is 2.54. The van der Waals surface area contributed by atoms with E-state index in [4.69, 9.17) is 5.11 Å². The Morgan fingerprint density at radius 1 is 1.06 bits per heavy atom. The van der Waals surface area contributed by atoms with Gasteiger partial charge >= 0.3 is 5.97 Å². The van der Waals surface area contributed by atoms with Crippen molar-refractivity contribution in [1.29, 1.82) is 0 Å². The highest BCUT2D eigenvalue weighted by atomic mass is 16.4. The summed E-state index contributed by atoms with van der Waals surface area (Å²) < 4.78 is 0. The number of carboxylic acids is 1. The van der Waals surface area contributed by atoms with Crippen LogP contribution in [0.25, 0.3) is 0 Å². The molecule has 94 valence electrons. The van der Waals surface area contributed by atoms with E-state index in [1.54, 1.807) is 0 Å². The third kappa shape index (κ3) is 2.31. The predicted octanol–water partition coefficient (Wildman–Crippen LogP) is 1.40. The van der Waals surface area contributed by atoms with E-state index in [-0.39, 0.29) is 23.8 Å². The van der Waals surface area contributed by atoms with Gasteiger partial charge in [0, 0.05) is 12.0 Å². The molecule has 3 aliphatic carbocycles. The van der Waals surface area contributed by atoms with Gasteiger partial charge in [0.1, 0.15) is 0 Å². The summed E-state index contributed by atoms with van der Waals surface area (Å²) in [4.78, 5) is 22.7. The quantitative estimate of drug-likeness (QED) is 0.776. The van der Waals surface area contributed by atoms with Gasteiger partial charge in [-0.3, -0.25) is 9.59 Å². The van der Waals surface area contributed by atoms with Crippen molar-refractivity contribution >= 4 is 11.9 Å². The van der Waals surface area contributed by atoms with Crippen LogP contribution < -0.4 is 5.32 Å². The SMILES string of the molecule is O=C(O)C1CCC(NC(=O)C2CC2C2CC2)C1. The highest BCUT2D eigenvalue weighted by Gasteiger charge is 2.51. The third-order valence-electron chi connectivity index (χ3n) is 4.53. The van der Waals surface area contributed by atoms with Gasteiger partial charge in [-0.05, 0) is 50.4 Å². The molecule has 3 aliphatic rings. The molecule has 4 heteroatoms. The first-order valence-electron chi connectivity index (χ1n) is 6.68. The summed E-state index contributed by atoms with van der Waals surface area (Å²) >= 11 is 0. The van der Waals surface area contributed by atoms with E-state index in [0.717, 1.165) is 18.8 Å². The van der Waals surface area contributed by atoms with E-state index < -0.39 is 5.97 Å². The van der Waals surface area contributed by atoms with Crippen molar-refractivity contribution in [1.82, 2.24) is 5.32 Å². The lowest BCUT2D eigenvalue weighted by Gasteiger charge is -2.12. The number of carbonyl (C=O) groups is 2. The van der Waals surface area contributed by atoms with Crippen molar-refractivity contribution in [2.75, 3.05) is 0 Å². The van der Waals surface area contributed by atoms with Crippen LogP contribution >= 0.6 is 0 Å². The summed E-state index contributed by atoms with van der Waals surface area (Å²) in [6, 6.07) is 0.101. The molecule has 0 aromatic carbocycles. The van der Waals surface area contributed by atoms with Crippen LogP contribution in [0, 0.1) is 23.7 Å². The minimum atomic E-state index is -0.718. The van der Waals surface area contributed by atoms with Gasteiger partial charge in [0.05, 0.1) is 5.92 Å². The largest absolute Gasteiger partial charge is 0.481 e. The van der Waals surface area contributed by atoms with Gasteiger partial charge in [0.25, 0.3) is 0 Å². The number of carbonyl (C=O) groups excluding carboxylic acids is 1. The monoisotopic (exact) mass is 237 g/mol. The first kappa shape index (κ1) is 11.1. The molecular weight excluding hydrogens is 218 g/mol. The Balaban J connectivity index is 1.45. The Kier molecular flexibility index (Phi) is 2.60. The summed E-state index contributed by atoms with van der Waals surface area (Å²) in [6.45, 7) is 0. The molecule has 3 rings (SSSR count). The van der Waals surface area contributed by atoms with Crippen molar-refractivity contribution in [3.8, 4) is 0 Å². The van der Waals surface area contributed by atoms with Crippen molar-refractivity contribution < 1.29 is 14.7 Å². The molecule has 4 nitrogen and oxygen atoms in total. The first-order chi connectivity index (χ1) is 8.15. The predicted molar refractivity (Wildman–Crippen MR) is 61.2 cm³/mol. The van der Waals surface area contributed by atoms with Gasteiger partial charge in [0.15, 0.2) is 0 Å². The van der Waals surface area contributed by atoms with Gasteiger partial charge in [0.2, 0.25) is 5.91 Å². The van der Waals surface area contributed by atoms with Crippen LogP contribution in [-0.2, 0) is 9.59 Å². The summed E-state index contributed by atoms with van der Waals surface area (Å²) in [5.41, 5.74) is 0. The molecule has 4 atom stereocenters. The molecule has 0 spiro atoms. The van der Waals surface area contributed by atoms with Crippen LogP contribution in [0.1, 0.15) is 38.5 Å². The molecule has 0 aliphatic heterocycles. The second-order valence-corrected chi connectivity index (χ2v) is 5.90. The first-order valence-corrected chi connectivity index (χ1v) is 6.68. The minimum absolute atomic E-state index is 0.101. The maximum absolute atomic E-state index is 11.9. The van der Waals surface area contributed by atoms with E-state index >= 15 is 0 Å². The second kappa shape index (κ2) is 4.00. The molecule has 0 aromatic heterocycles. The molecule has 17 heavy (non-hydrogen) atoms. The third-order valence-corrected chi connectivity index (χ3v) is 4.53. The van der Waals surface area contributed by atoms with E-state index in [1.807, 2.05) is 0 Å². The van der Waals surface area contributed by atoms with Crippen LogP contribution in [-0.4, -0.2) is 23.0 Å². The van der Waals surface area contributed by atoms with E-state index in [1.165, 1.54) is 12.8 Å². The zero-order valence-electron chi connectivity index (χ0n) is 9.89. The molecule has 0 radical (unpaired) electrons. The fourth-order valence-corrected chi connectivity index (χ4v) is 3.21. The molecule has 2 N–H and O–H groups in total. The van der Waals surface area contributed by atoms with Crippen molar-refractivity contribution in [3.05, 3.63) is 0 Å². The maximum Gasteiger partial charge on any atom is 0.306 e.